The van der Waals surface area contributed by atoms with Crippen LogP contribution in [0.3, 0.4) is 0 Å². The Kier molecular flexibility index (Phi) is 4.96. The van der Waals surface area contributed by atoms with Crippen molar-refractivity contribution in [3.05, 3.63) is 54.9 Å². The van der Waals surface area contributed by atoms with E-state index in [1.807, 2.05) is 0 Å². The second-order valence-electron chi connectivity index (χ2n) is 3.93. The monoisotopic (exact) mass is 436 g/mol. The van der Waals surface area contributed by atoms with Crippen LogP contribution >= 0.6 is 55.1 Å². The molecule has 7 heteroatoms. The summed E-state index contributed by atoms with van der Waals surface area (Å²) in [6.45, 7) is 0. The minimum absolute atomic E-state index is 0.339. The van der Waals surface area contributed by atoms with E-state index >= 15 is 0 Å². The highest BCUT2D eigenvalue weighted by molar-refractivity contribution is 9.10. The number of nitrogen functional groups attached to an aromatic ring is 1. The van der Waals surface area contributed by atoms with Crippen molar-refractivity contribution in [1.82, 2.24) is 0 Å². The maximum atomic E-state index is 12.2. The predicted octanol–water partition coefficient (Wildman–Crippen LogP) is 5.35. The number of carbonyl (C=O) groups is 1. The van der Waals surface area contributed by atoms with Crippen molar-refractivity contribution < 1.29 is 4.79 Å². The number of rotatable bonds is 2. The van der Waals surface area contributed by atoms with Gasteiger partial charge in [-0.15, -0.1) is 0 Å². The van der Waals surface area contributed by atoms with E-state index in [1.54, 1.807) is 30.3 Å². The molecule has 2 aromatic carbocycles. The van der Waals surface area contributed by atoms with Crippen molar-refractivity contribution in [2.75, 3.05) is 11.1 Å². The molecule has 0 saturated heterocycles. The van der Waals surface area contributed by atoms with Crippen molar-refractivity contribution in [3.63, 3.8) is 0 Å². The molecule has 0 fully saturated rings. The molecule has 20 heavy (non-hydrogen) atoms. The third-order valence-electron chi connectivity index (χ3n) is 2.51. The molecule has 0 radical (unpaired) electrons. The van der Waals surface area contributed by atoms with Crippen molar-refractivity contribution >= 4 is 72.3 Å². The van der Waals surface area contributed by atoms with E-state index < -0.39 is 0 Å². The van der Waals surface area contributed by atoms with Crippen molar-refractivity contribution in [2.45, 2.75) is 0 Å². The number of hydrogen-bond donors (Lipinski definition) is 2. The van der Waals surface area contributed by atoms with E-state index in [-0.39, 0.29) is 5.91 Å². The lowest BCUT2D eigenvalue weighted by molar-refractivity contribution is 0.102. The summed E-state index contributed by atoms with van der Waals surface area (Å²) in [6.07, 6.45) is 0. The van der Waals surface area contributed by atoms with E-state index in [1.165, 1.54) is 0 Å². The molecule has 0 spiro atoms. The zero-order chi connectivity index (χ0) is 14.9. The second kappa shape index (κ2) is 6.35. The Balaban J connectivity index is 2.35. The van der Waals surface area contributed by atoms with Gasteiger partial charge in [-0.25, -0.2) is 0 Å². The van der Waals surface area contributed by atoms with E-state index in [0.29, 0.717) is 27.0 Å². The highest BCUT2D eigenvalue weighted by atomic mass is 79.9. The van der Waals surface area contributed by atoms with Crippen LogP contribution in [0, 0.1) is 0 Å². The van der Waals surface area contributed by atoms with Gasteiger partial charge < -0.3 is 11.1 Å². The topological polar surface area (TPSA) is 55.1 Å². The van der Waals surface area contributed by atoms with Crippen molar-refractivity contribution in [3.8, 4) is 0 Å². The Morgan fingerprint density at radius 1 is 1.05 bits per heavy atom. The van der Waals surface area contributed by atoms with Gasteiger partial charge in [-0.3, -0.25) is 4.79 Å². The summed E-state index contributed by atoms with van der Waals surface area (Å²) < 4.78 is 1.48. The van der Waals surface area contributed by atoms with E-state index in [9.17, 15) is 4.79 Å². The zero-order valence-electron chi connectivity index (χ0n) is 9.88. The third-order valence-corrected chi connectivity index (χ3v) is 4.05. The standard InChI is InChI=1S/C13H8Br2Cl2N2O/c14-6-1-2-11(18)8(3-6)13(20)19-12-9(16)4-7(15)5-10(12)17/h1-5H,18H2,(H,19,20). The smallest absolute Gasteiger partial charge is 0.257 e. The van der Waals surface area contributed by atoms with Gasteiger partial charge in [0.15, 0.2) is 0 Å². The van der Waals surface area contributed by atoms with Gasteiger partial charge in [-0.05, 0) is 30.3 Å². The first-order valence-electron chi connectivity index (χ1n) is 5.39. The molecule has 0 atom stereocenters. The molecule has 1 amide bonds. The lowest BCUT2D eigenvalue weighted by Crippen LogP contribution is -2.14. The van der Waals surface area contributed by atoms with Gasteiger partial charge >= 0.3 is 0 Å². The Labute approximate surface area is 142 Å². The molecule has 0 aliphatic heterocycles. The van der Waals surface area contributed by atoms with Gasteiger partial charge in [-0.1, -0.05) is 55.1 Å². The molecule has 0 aliphatic carbocycles. The fourth-order valence-electron chi connectivity index (χ4n) is 1.57. The summed E-state index contributed by atoms with van der Waals surface area (Å²) in [5, 5.41) is 3.34. The summed E-state index contributed by atoms with van der Waals surface area (Å²) in [5.41, 5.74) is 6.85. The van der Waals surface area contributed by atoms with Crippen molar-refractivity contribution in [2.24, 2.45) is 0 Å². The maximum Gasteiger partial charge on any atom is 0.257 e. The fraction of sp³-hybridized carbons (Fsp3) is 0. The Morgan fingerprint density at radius 3 is 2.25 bits per heavy atom. The summed E-state index contributed by atoms with van der Waals surface area (Å²) in [6, 6.07) is 8.32. The Morgan fingerprint density at radius 2 is 1.65 bits per heavy atom. The number of amides is 1. The molecule has 104 valence electrons. The van der Waals surface area contributed by atoms with Gasteiger partial charge in [0.2, 0.25) is 0 Å². The van der Waals surface area contributed by atoms with Crippen molar-refractivity contribution in [1.29, 1.82) is 0 Å². The SMILES string of the molecule is Nc1ccc(Br)cc1C(=O)Nc1c(Cl)cc(Br)cc1Cl. The minimum Gasteiger partial charge on any atom is -0.398 e. The summed E-state index contributed by atoms with van der Waals surface area (Å²) in [5.74, 6) is -0.380. The van der Waals surface area contributed by atoms with Crippen LogP contribution in [0.4, 0.5) is 11.4 Å². The van der Waals surface area contributed by atoms with Crippen LogP contribution in [-0.2, 0) is 0 Å². The average molecular weight is 439 g/mol. The third kappa shape index (κ3) is 3.47. The number of halogens is 4. The number of nitrogens with one attached hydrogen (secondary N) is 1. The predicted molar refractivity (Wildman–Crippen MR) is 90.7 cm³/mol. The van der Waals surface area contributed by atoms with Crippen LogP contribution in [0.5, 0.6) is 0 Å². The van der Waals surface area contributed by atoms with E-state index in [4.69, 9.17) is 28.9 Å². The molecular formula is C13H8Br2Cl2N2O. The first kappa shape index (κ1) is 15.6. The Bertz CT molecular complexity index is 669. The number of hydrogen-bond acceptors (Lipinski definition) is 2. The molecular weight excluding hydrogens is 431 g/mol. The highest BCUT2D eigenvalue weighted by Crippen LogP contribution is 2.34. The van der Waals surface area contributed by atoms with Crippen LogP contribution in [0.1, 0.15) is 10.4 Å². The summed E-state index contributed by atoms with van der Waals surface area (Å²) >= 11 is 18.7. The summed E-state index contributed by atoms with van der Waals surface area (Å²) in [4.78, 5) is 12.2. The van der Waals surface area contributed by atoms with E-state index in [0.717, 1.165) is 8.95 Å². The minimum atomic E-state index is -0.380. The molecule has 0 aliphatic rings. The zero-order valence-corrected chi connectivity index (χ0v) is 14.6. The average Bonchev–Trinajstić information content (AvgIpc) is 2.36. The molecule has 0 saturated carbocycles. The number of nitrogens with two attached hydrogens (primary N) is 1. The molecule has 0 heterocycles. The Hall–Kier alpha value is -0.750. The van der Waals surface area contributed by atoms with E-state index in [2.05, 4.69) is 37.2 Å². The van der Waals surface area contributed by atoms with Crippen LogP contribution in [-0.4, -0.2) is 5.91 Å². The maximum absolute atomic E-state index is 12.2. The largest absolute Gasteiger partial charge is 0.398 e. The molecule has 3 N–H and O–H groups in total. The quantitative estimate of drug-likeness (QED) is 0.621. The van der Waals surface area contributed by atoms with Crippen LogP contribution in [0.15, 0.2) is 39.3 Å². The molecule has 2 rings (SSSR count). The molecule has 0 bridgehead atoms. The van der Waals surface area contributed by atoms with Gasteiger partial charge in [0.05, 0.1) is 21.3 Å². The molecule has 0 unspecified atom stereocenters. The molecule has 2 aromatic rings. The van der Waals surface area contributed by atoms with Crippen LogP contribution < -0.4 is 11.1 Å². The highest BCUT2D eigenvalue weighted by Gasteiger charge is 2.15. The first-order chi connectivity index (χ1) is 9.38. The van der Waals surface area contributed by atoms with Gasteiger partial charge in [-0.2, -0.15) is 0 Å². The van der Waals surface area contributed by atoms with Crippen LogP contribution in [0.25, 0.3) is 0 Å². The normalized spacial score (nSPS) is 10.4. The first-order valence-corrected chi connectivity index (χ1v) is 7.73. The van der Waals surface area contributed by atoms with Gasteiger partial charge in [0.25, 0.3) is 5.91 Å². The summed E-state index contributed by atoms with van der Waals surface area (Å²) in [7, 11) is 0. The number of anilines is 2. The lowest BCUT2D eigenvalue weighted by atomic mass is 10.1. The van der Waals surface area contributed by atoms with Crippen LogP contribution in [0.2, 0.25) is 10.0 Å². The fourth-order valence-corrected chi connectivity index (χ4v) is 3.23. The number of benzene rings is 2. The molecule has 0 aromatic heterocycles. The number of carbonyl (C=O) groups excluding carboxylic acids is 1. The van der Waals surface area contributed by atoms with Gasteiger partial charge in [0.1, 0.15) is 0 Å². The second-order valence-corrected chi connectivity index (χ2v) is 6.58. The lowest BCUT2D eigenvalue weighted by Gasteiger charge is -2.11. The molecule has 3 nitrogen and oxygen atoms in total. The van der Waals surface area contributed by atoms with Gasteiger partial charge in [0, 0.05) is 14.6 Å².